The third-order valence-corrected chi connectivity index (χ3v) is 4.60. The first-order chi connectivity index (χ1) is 9.31. The molecule has 3 heteroatoms. The van der Waals surface area contributed by atoms with E-state index in [9.17, 15) is 0 Å². The minimum atomic E-state index is 1.05. The Morgan fingerprint density at radius 3 is 2.47 bits per heavy atom. The number of nitrogens with zero attached hydrogens (tertiary/aromatic N) is 1. The van der Waals surface area contributed by atoms with Crippen LogP contribution in [0.25, 0.3) is 0 Å². The highest BCUT2D eigenvalue weighted by Gasteiger charge is 2.16. The molecule has 1 heterocycles. The Balaban J connectivity index is 1.96. The Hall–Kier alpha value is -1.61. The van der Waals surface area contributed by atoms with E-state index in [1.165, 1.54) is 26.9 Å². The molecule has 0 amide bonds. The standard InChI is InChI=1S/C16H18N2S/c1-3-18(4-2)12-9-10-14-16(11-12)19-15-8-6-5-7-13(15)17-14/h5-11,17H,3-4H2,1-2H3. The van der Waals surface area contributed by atoms with Crippen molar-refractivity contribution in [3.8, 4) is 0 Å². The molecule has 2 aromatic rings. The zero-order valence-electron chi connectivity index (χ0n) is 11.3. The average Bonchev–Trinajstić information content (AvgIpc) is 2.46. The second-order valence-corrected chi connectivity index (χ2v) is 5.66. The van der Waals surface area contributed by atoms with E-state index >= 15 is 0 Å². The van der Waals surface area contributed by atoms with E-state index in [1.807, 2.05) is 11.8 Å². The number of para-hydroxylation sites is 1. The summed E-state index contributed by atoms with van der Waals surface area (Å²) >= 11 is 1.85. The Labute approximate surface area is 118 Å². The molecular weight excluding hydrogens is 252 g/mol. The fraction of sp³-hybridized carbons (Fsp3) is 0.250. The van der Waals surface area contributed by atoms with Crippen LogP contribution in [-0.4, -0.2) is 13.1 Å². The third kappa shape index (κ3) is 2.30. The molecule has 19 heavy (non-hydrogen) atoms. The number of rotatable bonds is 3. The van der Waals surface area contributed by atoms with E-state index in [1.54, 1.807) is 0 Å². The lowest BCUT2D eigenvalue weighted by Gasteiger charge is -2.25. The largest absolute Gasteiger partial charge is 0.372 e. The first-order valence-electron chi connectivity index (χ1n) is 6.74. The topological polar surface area (TPSA) is 15.3 Å². The summed E-state index contributed by atoms with van der Waals surface area (Å²) < 4.78 is 0. The van der Waals surface area contributed by atoms with Gasteiger partial charge in [-0.1, -0.05) is 23.9 Å². The highest BCUT2D eigenvalue weighted by atomic mass is 32.2. The summed E-state index contributed by atoms with van der Waals surface area (Å²) in [5.41, 5.74) is 3.72. The molecule has 98 valence electrons. The van der Waals surface area contributed by atoms with Gasteiger partial charge in [-0.2, -0.15) is 0 Å². The maximum absolute atomic E-state index is 3.50. The molecule has 3 rings (SSSR count). The number of anilines is 3. The number of hydrogen-bond donors (Lipinski definition) is 1. The lowest BCUT2D eigenvalue weighted by molar-refractivity contribution is 0.864. The number of nitrogens with one attached hydrogen (secondary N) is 1. The van der Waals surface area contributed by atoms with E-state index in [0.29, 0.717) is 0 Å². The Kier molecular flexibility index (Phi) is 3.38. The fourth-order valence-corrected chi connectivity index (χ4v) is 3.43. The van der Waals surface area contributed by atoms with Crippen molar-refractivity contribution in [2.45, 2.75) is 23.6 Å². The zero-order valence-corrected chi connectivity index (χ0v) is 12.1. The highest BCUT2D eigenvalue weighted by molar-refractivity contribution is 7.99. The molecule has 2 aromatic carbocycles. The zero-order chi connectivity index (χ0) is 13.2. The summed E-state index contributed by atoms with van der Waals surface area (Å²) in [7, 11) is 0. The van der Waals surface area contributed by atoms with Gasteiger partial charge in [-0.15, -0.1) is 0 Å². The van der Waals surface area contributed by atoms with Gasteiger partial charge in [0.2, 0.25) is 0 Å². The maximum atomic E-state index is 3.50. The van der Waals surface area contributed by atoms with E-state index in [0.717, 1.165) is 13.1 Å². The second kappa shape index (κ2) is 5.17. The minimum absolute atomic E-state index is 1.05. The Bertz CT molecular complexity index is 591. The van der Waals surface area contributed by atoms with Crippen LogP contribution in [0.5, 0.6) is 0 Å². The molecule has 1 N–H and O–H groups in total. The molecule has 0 aromatic heterocycles. The SMILES string of the molecule is CCN(CC)c1ccc2c(c1)Sc1ccccc1N2. The molecule has 2 nitrogen and oxygen atoms in total. The van der Waals surface area contributed by atoms with Gasteiger partial charge < -0.3 is 10.2 Å². The van der Waals surface area contributed by atoms with Crippen molar-refractivity contribution >= 4 is 28.8 Å². The van der Waals surface area contributed by atoms with Crippen LogP contribution in [0.3, 0.4) is 0 Å². The molecule has 0 saturated carbocycles. The Morgan fingerprint density at radius 2 is 1.68 bits per heavy atom. The fourth-order valence-electron chi connectivity index (χ4n) is 2.41. The van der Waals surface area contributed by atoms with Crippen LogP contribution >= 0.6 is 11.8 Å². The molecule has 0 saturated heterocycles. The van der Waals surface area contributed by atoms with Crippen LogP contribution in [0, 0.1) is 0 Å². The van der Waals surface area contributed by atoms with Crippen LogP contribution in [0.1, 0.15) is 13.8 Å². The van der Waals surface area contributed by atoms with Crippen LogP contribution in [-0.2, 0) is 0 Å². The molecule has 0 atom stereocenters. The first kappa shape index (κ1) is 12.4. The van der Waals surface area contributed by atoms with Gasteiger partial charge in [0.25, 0.3) is 0 Å². The molecule has 0 radical (unpaired) electrons. The number of fused-ring (bicyclic) bond motifs is 2. The van der Waals surface area contributed by atoms with Crippen molar-refractivity contribution in [2.75, 3.05) is 23.3 Å². The summed E-state index contributed by atoms with van der Waals surface area (Å²) in [6.07, 6.45) is 0. The quantitative estimate of drug-likeness (QED) is 0.740. The molecule has 0 unspecified atom stereocenters. The average molecular weight is 270 g/mol. The molecule has 0 spiro atoms. The molecule has 0 fully saturated rings. The van der Waals surface area contributed by atoms with Crippen molar-refractivity contribution in [1.29, 1.82) is 0 Å². The molecule has 1 aliphatic heterocycles. The highest BCUT2D eigenvalue weighted by Crippen LogP contribution is 2.45. The van der Waals surface area contributed by atoms with Crippen molar-refractivity contribution in [3.05, 3.63) is 42.5 Å². The monoisotopic (exact) mass is 270 g/mol. The molecule has 0 aliphatic carbocycles. The van der Waals surface area contributed by atoms with Crippen molar-refractivity contribution in [1.82, 2.24) is 0 Å². The normalized spacial score (nSPS) is 12.3. The van der Waals surface area contributed by atoms with Crippen molar-refractivity contribution < 1.29 is 0 Å². The smallest absolute Gasteiger partial charge is 0.0527 e. The van der Waals surface area contributed by atoms with Gasteiger partial charge in [-0.25, -0.2) is 0 Å². The van der Waals surface area contributed by atoms with E-state index in [2.05, 4.69) is 66.5 Å². The molecule has 1 aliphatic rings. The lowest BCUT2D eigenvalue weighted by atomic mass is 10.2. The molecular formula is C16H18N2S. The summed E-state index contributed by atoms with van der Waals surface area (Å²) in [6, 6.07) is 15.1. The van der Waals surface area contributed by atoms with Gasteiger partial charge in [0, 0.05) is 28.6 Å². The predicted octanol–water partition coefficient (Wildman–Crippen LogP) is 4.74. The summed E-state index contributed by atoms with van der Waals surface area (Å²) in [5.74, 6) is 0. The third-order valence-electron chi connectivity index (χ3n) is 3.47. The van der Waals surface area contributed by atoms with Gasteiger partial charge in [0.05, 0.1) is 11.4 Å². The van der Waals surface area contributed by atoms with Crippen molar-refractivity contribution in [3.63, 3.8) is 0 Å². The number of benzene rings is 2. The van der Waals surface area contributed by atoms with Crippen LogP contribution in [0.15, 0.2) is 52.3 Å². The minimum Gasteiger partial charge on any atom is -0.372 e. The first-order valence-corrected chi connectivity index (χ1v) is 7.56. The number of hydrogen-bond acceptors (Lipinski definition) is 3. The van der Waals surface area contributed by atoms with Gasteiger partial charge in [-0.3, -0.25) is 0 Å². The maximum Gasteiger partial charge on any atom is 0.0527 e. The lowest BCUT2D eigenvalue weighted by Crippen LogP contribution is -2.21. The summed E-state index contributed by atoms with van der Waals surface area (Å²) in [5, 5.41) is 3.50. The van der Waals surface area contributed by atoms with E-state index < -0.39 is 0 Å². The van der Waals surface area contributed by atoms with Gasteiger partial charge in [0.15, 0.2) is 0 Å². The summed E-state index contributed by atoms with van der Waals surface area (Å²) in [6.45, 7) is 6.49. The van der Waals surface area contributed by atoms with Gasteiger partial charge in [-0.05, 0) is 44.2 Å². The van der Waals surface area contributed by atoms with Gasteiger partial charge in [0.1, 0.15) is 0 Å². The predicted molar refractivity (Wildman–Crippen MR) is 83.9 cm³/mol. The second-order valence-electron chi connectivity index (χ2n) is 4.58. The van der Waals surface area contributed by atoms with Crippen LogP contribution in [0.4, 0.5) is 17.1 Å². The van der Waals surface area contributed by atoms with Gasteiger partial charge >= 0.3 is 0 Å². The van der Waals surface area contributed by atoms with E-state index in [4.69, 9.17) is 0 Å². The Morgan fingerprint density at radius 1 is 0.947 bits per heavy atom. The van der Waals surface area contributed by atoms with E-state index in [-0.39, 0.29) is 0 Å². The van der Waals surface area contributed by atoms with Crippen LogP contribution in [0.2, 0.25) is 0 Å². The molecule has 0 bridgehead atoms. The van der Waals surface area contributed by atoms with Crippen LogP contribution < -0.4 is 10.2 Å². The van der Waals surface area contributed by atoms with Crippen molar-refractivity contribution in [2.24, 2.45) is 0 Å². The summed E-state index contributed by atoms with van der Waals surface area (Å²) in [4.78, 5) is 4.98.